The number of aromatic nitrogens is 3. The Morgan fingerprint density at radius 1 is 1.14 bits per heavy atom. The van der Waals surface area contributed by atoms with Crippen molar-refractivity contribution in [2.75, 3.05) is 0 Å². The third-order valence-electron chi connectivity index (χ3n) is 3.29. The van der Waals surface area contributed by atoms with Crippen molar-refractivity contribution in [2.24, 2.45) is 0 Å². The van der Waals surface area contributed by atoms with Crippen LogP contribution in [0.4, 0.5) is 0 Å². The summed E-state index contributed by atoms with van der Waals surface area (Å²) in [6.45, 7) is 4.27. The predicted octanol–water partition coefficient (Wildman–Crippen LogP) is 3.50. The van der Waals surface area contributed by atoms with E-state index in [-0.39, 0.29) is 6.61 Å². The van der Waals surface area contributed by atoms with Crippen LogP contribution < -0.4 is 0 Å². The third-order valence-corrected chi connectivity index (χ3v) is 4.38. The fraction of sp³-hybridized carbons (Fsp3) is 0.250. The monoisotopic (exact) mass is 299 g/mol. The highest BCUT2D eigenvalue weighted by Crippen LogP contribution is 2.31. The van der Waals surface area contributed by atoms with E-state index in [0.29, 0.717) is 5.92 Å². The number of aliphatic hydroxyl groups is 1. The van der Waals surface area contributed by atoms with Gasteiger partial charge < -0.3 is 5.11 Å². The molecule has 0 aliphatic carbocycles. The molecule has 3 aromatic rings. The van der Waals surface area contributed by atoms with Crippen molar-refractivity contribution < 1.29 is 5.11 Å². The van der Waals surface area contributed by atoms with Crippen molar-refractivity contribution in [3.05, 3.63) is 54.0 Å². The van der Waals surface area contributed by atoms with E-state index >= 15 is 0 Å². The van der Waals surface area contributed by atoms with Crippen LogP contribution in [0.3, 0.4) is 0 Å². The third kappa shape index (κ3) is 2.80. The minimum Gasteiger partial charge on any atom is -0.392 e. The number of nitrogens with zero attached hydrogens (tertiary/aromatic N) is 3. The molecule has 3 rings (SSSR count). The Morgan fingerprint density at radius 2 is 1.95 bits per heavy atom. The number of rotatable bonds is 4. The van der Waals surface area contributed by atoms with E-state index < -0.39 is 0 Å². The van der Waals surface area contributed by atoms with Crippen molar-refractivity contribution in [1.29, 1.82) is 0 Å². The van der Waals surface area contributed by atoms with E-state index in [9.17, 15) is 5.11 Å². The zero-order chi connectivity index (χ0) is 14.8. The molecule has 5 heteroatoms. The Morgan fingerprint density at radius 3 is 2.71 bits per heavy atom. The predicted molar refractivity (Wildman–Crippen MR) is 83.6 cm³/mol. The molecule has 1 N–H and O–H groups in total. The highest BCUT2D eigenvalue weighted by atomic mass is 32.2. The topological polar surface area (TPSA) is 50.4 Å². The van der Waals surface area contributed by atoms with Crippen LogP contribution in [-0.4, -0.2) is 19.7 Å². The molecule has 0 amide bonds. The number of fused-ring (bicyclic) bond motifs is 1. The molecule has 2 aromatic heterocycles. The molecule has 0 fully saturated rings. The second kappa shape index (κ2) is 5.87. The van der Waals surface area contributed by atoms with Gasteiger partial charge >= 0.3 is 0 Å². The van der Waals surface area contributed by atoms with Gasteiger partial charge in [-0.15, -0.1) is 10.2 Å². The van der Waals surface area contributed by atoms with Crippen LogP contribution in [-0.2, 0) is 6.61 Å². The van der Waals surface area contributed by atoms with Gasteiger partial charge in [-0.1, -0.05) is 43.8 Å². The van der Waals surface area contributed by atoms with Crippen LogP contribution in [0, 0.1) is 0 Å². The fourth-order valence-corrected chi connectivity index (χ4v) is 3.16. The minimum atomic E-state index is 0.0509. The summed E-state index contributed by atoms with van der Waals surface area (Å²) in [6, 6.07) is 11.9. The molecule has 1 aromatic carbocycles. The van der Waals surface area contributed by atoms with Gasteiger partial charge in [-0.3, -0.25) is 4.40 Å². The lowest BCUT2D eigenvalue weighted by molar-refractivity contribution is 0.279. The van der Waals surface area contributed by atoms with Crippen molar-refractivity contribution in [2.45, 2.75) is 36.2 Å². The number of hydrogen-bond donors (Lipinski definition) is 1. The molecule has 0 saturated carbocycles. The lowest BCUT2D eigenvalue weighted by Crippen LogP contribution is -1.97. The second-order valence-corrected chi connectivity index (χ2v) is 6.29. The molecule has 4 nitrogen and oxygen atoms in total. The molecule has 0 saturated heterocycles. The highest BCUT2D eigenvalue weighted by Gasteiger charge is 2.10. The number of benzene rings is 1. The van der Waals surface area contributed by atoms with Gasteiger partial charge in [0, 0.05) is 21.9 Å². The molecule has 21 heavy (non-hydrogen) atoms. The van der Waals surface area contributed by atoms with Crippen LogP contribution >= 0.6 is 11.8 Å². The summed E-state index contributed by atoms with van der Waals surface area (Å²) in [6.07, 6.45) is 2.06. The van der Waals surface area contributed by atoms with Crippen LogP contribution in [0.5, 0.6) is 0 Å². The zero-order valence-corrected chi connectivity index (χ0v) is 12.8. The van der Waals surface area contributed by atoms with Crippen molar-refractivity contribution in [3.8, 4) is 0 Å². The number of hydrogen-bond acceptors (Lipinski definition) is 4. The normalized spacial score (nSPS) is 11.4. The van der Waals surface area contributed by atoms with Gasteiger partial charge in [0.2, 0.25) is 0 Å². The summed E-state index contributed by atoms with van der Waals surface area (Å²) in [5.41, 5.74) is 1.80. The summed E-state index contributed by atoms with van der Waals surface area (Å²) in [4.78, 5) is 2.17. The zero-order valence-electron chi connectivity index (χ0n) is 12.0. The maximum atomic E-state index is 9.41. The molecule has 0 bridgehead atoms. The Bertz CT molecular complexity index is 767. The van der Waals surface area contributed by atoms with Gasteiger partial charge in [0.15, 0.2) is 5.65 Å². The van der Waals surface area contributed by atoms with E-state index in [4.69, 9.17) is 0 Å². The van der Waals surface area contributed by atoms with E-state index in [1.165, 1.54) is 0 Å². The summed E-state index contributed by atoms with van der Waals surface area (Å²) in [5.74, 6) is 1.29. The van der Waals surface area contributed by atoms with Crippen LogP contribution in [0.1, 0.15) is 31.2 Å². The lowest BCUT2D eigenvalue weighted by atomic mass is 10.2. The van der Waals surface area contributed by atoms with Crippen LogP contribution in [0.2, 0.25) is 0 Å². The first kappa shape index (κ1) is 14.1. The molecule has 0 atom stereocenters. The van der Waals surface area contributed by atoms with Crippen LogP contribution in [0.15, 0.2) is 52.4 Å². The Hall–Kier alpha value is -1.85. The molecular formula is C16H17N3OS. The number of aliphatic hydroxyl groups excluding tert-OH is 1. The summed E-state index contributed by atoms with van der Waals surface area (Å²) < 4.78 is 2.04. The standard InChI is InChI=1S/C16H17N3OS/c1-11(2)16-18-17-15-8-7-13(9-19(15)16)21-14-6-4-3-5-12(14)10-20/h3-9,11,20H,10H2,1-2H3. The Balaban J connectivity index is 1.99. The Labute approximate surface area is 127 Å². The quantitative estimate of drug-likeness (QED) is 0.801. The highest BCUT2D eigenvalue weighted by molar-refractivity contribution is 7.99. The summed E-state index contributed by atoms with van der Waals surface area (Å²) >= 11 is 1.64. The maximum absolute atomic E-state index is 9.41. The molecule has 2 heterocycles. The van der Waals surface area contributed by atoms with Gasteiger partial charge in [-0.05, 0) is 23.8 Å². The molecule has 0 aliphatic heterocycles. The average molecular weight is 299 g/mol. The lowest BCUT2D eigenvalue weighted by Gasteiger charge is -2.08. The van der Waals surface area contributed by atoms with Crippen LogP contribution in [0.25, 0.3) is 5.65 Å². The van der Waals surface area contributed by atoms with E-state index in [1.807, 2.05) is 40.8 Å². The van der Waals surface area contributed by atoms with Gasteiger partial charge in [0.1, 0.15) is 5.82 Å². The molecule has 0 radical (unpaired) electrons. The summed E-state index contributed by atoms with van der Waals surface area (Å²) in [7, 11) is 0. The SMILES string of the molecule is CC(C)c1nnc2ccc(Sc3ccccc3CO)cn12. The molecule has 108 valence electrons. The molecule has 0 unspecified atom stereocenters. The smallest absolute Gasteiger partial charge is 0.160 e. The van der Waals surface area contributed by atoms with Gasteiger partial charge in [0.25, 0.3) is 0 Å². The van der Waals surface area contributed by atoms with Gasteiger partial charge in [0.05, 0.1) is 6.61 Å². The molecule has 0 aliphatic rings. The maximum Gasteiger partial charge on any atom is 0.160 e. The van der Waals surface area contributed by atoms with Gasteiger partial charge in [-0.25, -0.2) is 0 Å². The van der Waals surface area contributed by atoms with Gasteiger partial charge in [-0.2, -0.15) is 0 Å². The molecule has 0 spiro atoms. The van der Waals surface area contributed by atoms with E-state index in [1.54, 1.807) is 11.8 Å². The fourth-order valence-electron chi connectivity index (χ4n) is 2.20. The van der Waals surface area contributed by atoms with Crippen molar-refractivity contribution in [3.63, 3.8) is 0 Å². The molecular weight excluding hydrogens is 282 g/mol. The number of pyridine rings is 1. The van der Waals surface area contributed by atoms with Crippen molar-refractivity contribution in [1.82, 2.24) is 14.6 Å². The largest absolute Gasteiger partial charge is 0.392 e. The summed E-state index contributed by atoms with van der Waals surface area (Å²) in [5, 5.41) is 17.8. The Kier molecular flexibility index (Phi) is 3.94. The van der Waals surface area contributed by atoms with Crippen molar-refractivity contribution >= 4 is 17.4 Å². The second-order valence-electron chi connectivity index (χ2n) is 5.17. The average Bonchev–Trinajstić information content (AvgIpc) is 2.91. The first-order valence-electron chi connectivity index (χ1n) is 6.90. The van der Waals surface area contributed by atoms with E-state index in [2.05, 4.69) is 30.2 Å². The van der Waals surface area contributed by atoms with E-state index in [0.717, 1.165) is 26.8 Å². The first-order chi connectivity index (χ1) is 10.2. The first-order valence-corrected chi connectivity index (χ1v) is 7.72. The minimum absolute atomic E-state index is 0.0509.